The van der Waals surface area contributed by atoms with Crippen LogP contribution in [0.25, 0.3) is 0 Å². The maximum absolute atomic E-state index is 12.8. The molecule has 2 aromatic carbocycles. The summed E-state index contributed by atoms with van der Waals surface area (Å²) in [7, 11) is 0. The fourth-order valence-corrected chi connectivity index (χ4v) is 4.16. The van der Waals surface area contributed by atoms with Crippen molar-refractivity contribution in [3.8, 4) is 0 Å². The lowest BCUT2D eigenvalue weighted by atomic mass is 9.98. The molecule has 1 aliphatic heterocycles. The number of rotatable bonds is 8. The van der Waals surface area contributed by atoms with E-state index >= 15 is 0 Å². The van der Waals surface area contributed by atoms with Crippen molar-refractivity contribution < 1.29 is 14.1 Å². The van der Waals surface area contributed by atoms with Crippen LogP contribution in [0.2, 0.25) is 0 Å². The molecule has 0 saturated heterocycles. The van der Waals surface area contributed by atoms with Gasteiger partial charge in [0.05, 0.1) is 5.69 Å². The summed E-state index contributed by atoms with van der Waals surface area (Å²) in [5.41, 5.74) is 4.77. The lowest BCUT2D eigenvalue weighted by Gasteiger charge is -2.24. The van der Waals surface area contributed by atoms with E-state index < -0.39 is 0 Å². The van der Waals surface area contributed by atoms with Crippen molar-refractivity contribution in [1.29, 1.82) is 0 Å². The van der Waals surface area contributed by atoms with Gasteiger partial charge in [-0.3, -0.25) is 9.59 Å². The van der Waals surface area contributed by atoms with Crippen molar-refractivity contribution in [1.82, 2.24) is 15.4 Å². The number of aromatic nitrogens is 1. The first-order valence-corrected chi connectivity index (χ1v) is 10.6. The van der Waals surface area contributed by atoms with Crippen LogP contribution in [0, 0.1) is 13.8 Å². The second kappa shape index (κ2) is 9.16. The molecule has 31 heavy (non-hydrogen) atoms. The van der Waals surface area contributed by atoms with Crippen LogP contribution < -0.4 is 5.32 Å². The second-order valence-electron chi connectivity index (χ2n) is 8.06. The predicted octanol–water partition coefficient (Wildman–Crippen LogP) is 3.78. The van der Waals surface area contributed by atoms with Crippen LogP contribution in [-0.4, -0.2) is 35.0 Å². The van der Waals surface area contributed by atoms with Gasteiger partial charge in [0.15, 0.2) is 0 Å². The number of carbonyl (C=O) groups is 2. The molecule has 6 nitrogen and oxygen atoms in total. The Bertz CT molecular complexity index is 1060. The van der Waals surface area contributed by atoms with Gasteiger partial charge in [-0.05, 0) is 37.5 Å². The van der Waals surface area contributed by atoms with Crippen molar-refractivity contribution in [3.63, 3.8) is 0 Å². The van der Waals surface area contributed by atoms with E-state index in [1.54, 1.807) is 0 Å². The molecular weight excluding hydrogens is 390 g/mol. The molecule has 0 radical (unpaired) electrons. The summed E-state index contributed by atoms with van der Waals surface area (Å²) in [4.78, 5) is 27.2. The third-order valence-electron chi connectivity index (χ3n) is 5.94. The maximum atomic E-state index is 12.8. The zero-order chi connectivity index (χ0) is 21.8. The molecule has 2 amide bonds. The van der Waals surface area contributed by atoms with Crippen molar-refractivity contribution >= 4 is 11.8 Å². The first-order chi connectivity index (χ1) is 15.0. The van der Waals surface area contributed by atoms with Gasteiger partial charge in [0.1, 0.15) is 5.76 Å². The van der Waals surface area contributed by atoms with Crippen molar-refractivity contribution in [2.24, 2.45) is 0 Å². The van der Waals surface area contributed by atoms with E-state index in [9.17, 15) is 9.59 Å². The first kappa shape index (κ1) is 20.8. The van der Waals surface area contributed by atoms with Gasteiger partial charge >= 0.3 is 0 Å². The van der Waals surface area contributed by atoms with E-state index in [1.165, 1.54) is 0 Å². The number of nitrogens with zero attached hydrogens (tertiary/aromatic N) is 2. The number of hydrogen-bond acceptors (Lipinski definition) is 4. The molecule has 160 valence electrons. The van der Waals surface area contributed by atoms with Gasteiger partial charge in [-0.15, -0.1) is 0 Å². The van der Waals surface area contributed by atoms with Crippen LogP contribution in [0.3, 0.4) is 0 Å². The Morgan fingerprint density at radius 2 is 1.87 bits per heavy atom. The molecule has 0 aliphatic carbocycles. The molecule has 0 saturated carbocycles. The molecule has 0 bridgehead atoms. The molecule has 1 aromatic heterocycles. The molecule has 0 fully saturated rings. The molecule has 3 aromatic rings. The Morgan fingerprint density at radius 1 is 1.13 bits per heavy atom. The van der Waals surface area contributed by atoms with Crippen LogP contribution in [0.5, 0.6) is 0 Å². The Balaban J connectivity index is 1.39. The van der Waals surface area contributed by atoms with Gasteiger partial charge in [-0.25, -0.2) is 0 Å². The zero-order valence-electron chi connectivity index (χ0n) is 17.9. The summed E-state index contributed by atoms with van der Waals surface area (Å²) >= 11 is 0. The van der Waals surface area contributed by atoms with E-state index in [-0.39, 0.29) is 17.7 Å². The van der Waals surface area contributed by atoms with Crippen LogP contribution in [-0.2, 0) is 17.8 Å². The standard InChI is InChI=1S/C25H27N3O3/c1-17-22(18(2)31-27-17)12-13-24(29)26-14-21(19-8-4-3-5-9-19)16-28-15-20-10-6-7-11-23(20)25(28)30/h3-11,21H,12-16H2,1-2H3,(H,26,29). The number of hydrogen-bond donors (Lipinski definition) is 1. The molecule has 4 rings (SSSR count). The average molecular weight is 418 g/mol. The highest BCUT2D eigenvalue weighted by molar-refractivity contribution is 5.98. The minimum Gasteiger partial charge on any atom is -0.361 e. The van der Waals surface area contributed by atoms with Gasteiger partial charge in [0.25, 0.3) is 5.91 Å². The Hall–Kier alpha value is -3.41. The number of nitrogens with one attached hydrogen (secondary N) is 1. The largest absolute Gasteiger partial charge is 0.361 e. The zero-order valence-corrected chi connectivity index (χ0v) is 17.9. The summed E-state index contributed by atoms with van der Waals surface area (Å²) in [6.07, 6.45) is 0.974. The molecule has 1 N–H and O–H groups in total. The number of fused-ring (bicyclic) bond motifs is 1. The first-order valence-electron chi connectivity index (χ1n) is 10.6. The maximum Gasteiger partial charge on any atom is 0.254 e. The molecule has 1 unspecified atom stereocenters. The van der Waals surface area contributed by atoms with Gasteiger partial charge in [0.2, 0.25) is 5.91 Å². The smallest absolute Gasteiger partial charge is 0.254 e. The predicted molar refractivity (Wildman–Crippen MR) is 118 cm³/mol. The molecule has 1 aliphatic rings. The normalized spacial score (nSPS) is 13.9. The van der Waals surface area contributed by atoms with E-state index in [4.69, 9.17) is 4.52 Å². The minimum absolute atomic E-state index is 0.0162. The van der Waals surface area contributed by atoms with Crippen molar-refractivity contribution in [2.75, 3.05) is 13.1 Å². The van der Waals surface area contributed by atoms with Gasteiger partial charge in [-0.2, -0.15) is 0 Å². The van der Waals surface area contributed by atoms with Crippen molar-refractivity contribution in [2.45, 2.75) is 39.2 Å². The van der Waals surface area contributed by atoms with Crippen LogP contribution >= 0.6 is 0 Å². The van der Waals surface area contributed by atoms with Gasteiger partial charge in [-0.1, -0.05) is 53.7 Å². The third-order valence-corrected chi connectivity index (χ3v) is 5.94. The molecule has 1 atom stereocenters. The Kier molecular flexibility index (Phi) is 6.16. The fourth-order valence-electron chi connectivity index (χ4n) is 4.16. The molecule has 0 spiro atoms. The highest BCUT2D eigenvalue weighted by Gasteiger charge is 2.29. The highest BCUT2D eigenvalue weighted by Crippen LogP contribution is 2.26. The minimum atomic E-state index is -0.0167. The molecular formula is C25H27N3O3. The summed E-state index contributed by atoms with van der Waals surface area (Å²) in [5.74, 6) is 0.820. The molecule has 2 heterocycles. The second-order valence-corrected chi connectivity index (χ2v) is 8.06. The number of amides is 2. The Labute approximate surface area is 182 Å². The number of carbonyl (C=O) groups excluding carboxylic acids is 2. The monoisotopic (exact) mass is 417 g/mol. The highest BCUT2D eigenvalue weighted by atomic mass is 16.5. The van der Waals surface area contributed by atoms with E-state index in [2.05, 4.69) is 10.5 Å². The number of benzene rings is 2. The quantitative estimate of drug-likeness (QED) is 0.605. The summed E-state index contributed by atoms with van der Waals surface area (Å²) in [5, 5.41) is 7.01. The Morgan fingerprint density at radius 3 is 2.58 bits per heavy atom. The summed E-state index contributed by atoms with van der Waals surface area (Å²) in [6, 6.07) is 17.8. The fraction of sp³-hybridized carbons (Fsp3) is 0.320. The van der Waals surface area contributed by atoms with Crippen LogP contribution in [0.15, 0.2) is 59.1 Å². The van der Waals surface area contributed by atoms with Gasteiger partial charge < -0.3 is 14.7 Å². The van der Waals surface area contributed by atoms with Crippen molar-refractivity contribution in [3.05, 3.63) is 88.3 Å². The van der Waals surface area contributed by atoms with E-state index in [0.29, 0.717) is 32.5 Å². The topological polar surface area (TPSA) is 75.4 Å². The lowest BCUT2D eigenvalue weighted by Crippen LogP contribution is -2.36. The lowest BCUT2D eigenvalue weighted by molar-refractivity contribution is -0.121. The summed E-state index contributed by atoms with van der Waals surface area (Å²) < 4.78 is 5.18. The summed E-state index contributed by atoms with van der Waals surface area (Å²) in [6.45, 7) is 5.40. The molecule has 6 heteroatoms. The SMILES string of the molecule is Cc1noc(C)c1CCC(=O)NCC(CN1Cc2ccccc2C1=O)c1ccccc1. The third kappa shape index (κ3) is 4.68. The van der Waals surface area contributed by atoms with E-state index in [1.807, 2.05) is 73.3 Å². The van der Waals surface area contributed by atoms with E-state index in [0.717, 1.165) is 33.7 Å². The van der Waals surface area contributed by atoms with Crippen LogP contribution in [0.4, 0.5) is 0 Å². The number of aryl methyl sites for hydroxylation is 2. The van der Waals surface area contributed by atoms with Gasteiger partial charge in [0, 0.05) is 43.1 Å². The average Bonchev–Trinajstić information content (AvgIpc) is 3.28. The van der Waals surface area contributed by atoms with Crippen LogP contribution in [0.1, 0.15) is 50.8 Å².